The van der Waals surface area contributed by atoms with Crippen LogP contribution in [0.25, 0.3) is 16.4 Å². The highest BCUT2D eigenvalue weighted by atomic mass is 32.2. The van der Waals surface area contributed by atoms with Crippen LogP contribution >= 0.6 is 23.1 Å². The van der Waals surface area contributed by atoms with Gasteiger partial charge in [-0.05, 0) is 41.3 Å². The first-order valence-corrected chi connectivity index (χ1v) is 11.8. The number of aromatic nitrogens is 3. The number of thioether (sulfide) groups is 1. The van der Waals surface area contributed by atoms with Crippen LogP contribution in [0.3, 0.4) is 0 Å². The second-order valence-electron chi connectivity index (χ2n) is 6.80. The summed E-state index contributed by atoms with van der Waals surface area (Å²) in [6.45, 7) is 0.932. The molecule has 0 aliphatic carbocycles. The third-order valence-corrected chi connectivity index (χ3v) is 6.51. The van der Waals surface area contributed by atoms with Crippen LogP contribution in [0.15, 0.2) is 71.2 Å². The minimum absolute atomic E-state index is 0.138. The van der Waals surface area contributed by atoms with Crippen molar-refractivity contribution in [1.29, 1.82) is 0 Å². The number of thiophene rings is 1. The summed E-state index contributed by atoms with van der Waals surface area (Å²) < 4.78 is 21.3. The number of rotatable bonds is 9. The summed E-state index contributed by atoms with van der Waals surface area (Å²) in [5, 5.41) is 14.0. The van der Waals surface area contributed by atoms with E-state index in [0.717, 1.165) is 10.4 Å². The smallest absolute Gasteiger partial charge is 0.251 e. The van der Waals surface area contributed by atoms with Gasteiger partial charge in [0.1, 0.15) is 5.82 Å². The van der Waals surface area contributed by atoms with Crippen LogP contribution in [-0.4, -0.2) is 40.9 Å². The Balaban J connectivity index is 1.53. The van der Waals surface area contributed by atoms with Crippen LogP contribution < -0.4 is 5.32 Å². The first-order valence-electron chi connectivity index (χ1n) is 9.90. The molecule has 0 saturated heterocycles. The number of methoxy groups -OCH3 is 1. The van der Waals surface area contributed by atoms with Crippen molar-refractivity contribution in [1.82, 2.24) is 20.1 Å². The Labute approximate surface area is 193 Å². The topological polar surface area (TPSA) is 69.0 Å². The van der Waals surface area contributed by atoms with Crippen molar-refractivity contribution in [3.8, 4) is 16.4 Å². The molecule has 0 fully saturated rings. The van der Waals surface area contributed by atoms with Crippen molar-refractivity contribution in [2.24, 2.45) is 0 Å². The molecule has 0 bridgehead atoms. The van der Waals surface area contributed by atoms with Gasteiger partial charge in [0.15, 0.2) is 11.0 Å². The zero-order valence-electron chi connectivity index (χ0n) is 17.3. The number of hydrogen-bond donors (Lipinski definition) is 1. The fourth-order valence-corrected chi connectivity index (χ4v) is 4.65. The minimum Gasteiger partial charge on any atom is -0.383 e. The number of para-hydroxylation sites is 1. The maximum Gasteiger partial charge on any atom is 0.251 e. The fraction of sp³-hybridized carbons (Fsp3) is 0.174. The summed E-state index contributed by atoms with van der Waals surface area (Å²) in [4.78, 5) is 13.0. The molecule has 0 aliphatic heterocycles. The predicted molar refractivity (Wildman–Crippen MR) is 125 cm³/mol. The summed E-state index contributed by atoms with van der Waals surface area (Å²) >= 11 is 2.99. The van der Waals surface area contributed by atoms with Crippen LogP contribution in [0, 0.1) is 5.82 Å². The molecular formula is C23H21FN4O2S2. The lowest BCUT2D eigenvalue weighted by atomic mass is 10.1. The summed E-state index contributed by atoms with van der Waals surface area (Å²) in [6.07, 6.45) is 0. The molecule has 6 nitrogen and oxygen atoms in total. The molecule has 2 heterocycles. The molecule has 2 aromatic heterocycles. The van der Waals surface area contributed by atoms with E-state index in [-0.39, 0.29) is 11.7 Å². The zero-order chi connectivity index (χ0) is 22.3. The molecule has 4 rings (SSSR count). The third-order valence-electron chi connectivity index (χ3n) is 4.64. The lowest BCUT2D eigenvalue weighted by Crippen LogP contribution is -2.26. The van der Waals surface area contributed by atoms with Crippen LogP contribution in [0.2, 0.25) is 0 Å². The van der Waals surface area contributed by atoms with E-state index in [4.69, 9.17) is 4.74 Å². The van der Waals surface area contributed by atoms with Crippen molar-refractivity contribution >= 4 is 29.0 Å². The fourth-order valence-electron chi connectivity index (χ4n) is 3.05. The SMILES string of the molecule is COCCNC(=O)c1ccc(CSc2nnc(-c3cccs3)n2-c2ccccc2F)cc1. The molecule has 1 amide bonds. The number of halogens is 1. The standard InChI is InChI=1S/C23H21FN4O2S2/c1-30-13-12-25-22(29)17-10-8-16(9-11-17)15-32-23-27-26-21(20-7-4-14-31-20)28(23)19-6-3-2-5-18(19)24/h2-11,14H,12-13,15H2,1H3,(H,25,29). The molecule has 164 valence electrons. The van der Waals surface area contributed by atoms with E-state index in [2.05, 4.69) is 15.5 Å². The molecule has 32 heavy (non-hydrogen) atoms. The molecule has 0 aliphatic rings. The van der Waals surface area contributed by atoms with E-state index < -0.39 is 0 Å². The number of hydrogen-bond acceptors (Lipinski definition) is 6. The van der Waals surface area contributed by atoms with Gasteiger partial charge in [-0.25, -0.2) is 4.39 Å². The average molecular weight is 469 g/mol. The maximum atomic E-state index is 14.6. The predicted octanol–water partition coefficient (Wildman–Crippen LogP) is 4.80. The quantitative estimate of drug-likeness (QED) is 0.282. The molecular weight excluding hydrogens is 447 g/mol. The summed E-state index contributed by atoms with van der Waals surface area (Å²) in [5.74, 6) is 0.732. The van der Waals surface area contributed by atoms with Crippen LogP contribution in [-0.2, 0) is 10.5 Å². The van der Waals surface area contributed by atoms with Gasteiger partial charge < -0.3 is 10.1 Å². The van der Waals surface area contributed by atoms with Gasteiger partial charge in [0.05, 0.1) is 17.2 Å². The van der Waals surface area contributed by atoms with Crippen molar-refractivity contribution in [3.05, 3.63) is 83.0 Å². The molecule has 0 radical (unpaired) electrons. The number of amides is 1. The highest BCUT2D eigenvalue weighted by Crippen LogP contribution is 2.32. The normalized spacial score (nSPS) is 10.9. The molecule has 1 N–H and O–H groups in total. The van der Waals surface area contributed by atoms with E-state index in [9.17, 15) is 9.18 Å². The molecule has 9 heteroatoms. The van der Waals surface area contributed by atoms with Crippen molar-refractivity contribution in [2.75, 3.05) is 20.3 Å². The van der Waals surface area contributed by atoms with E-state index in [0.29, 0.717) is 41.1 Å². The second-order valence-corrected chi connectivity index (χ2v) is 8.69. The monoisotopic (exact) mass is 468 g/mol. The number of ether oxygens (including phenoxy) is 1. The summed E-state index contributed by atoms with van der Waals surface area (Å²) in [6, 6.07) is 17.9. The van der Waals surface area contributed by atoms with Gasteiger partial charge in [-0.15, -0.1) is 21.5 Å². The number of nitrogens with one attached hydrogen (secondary N) is 1. The number of carbonyl (C=O) groups is 1. The van der Waals surface area contributed by atoms with Gasteiger partial charge in [0, 0.05) is 25.0 Å². The minimum atomic E-state index is -0.337. The van der Waals surface area contributed by atoms with Crippen molar-refractivity contribution < 1.29 is 13.9 Å². The van der Waals surface area contributed by atoms with Crippen LogP contribution in [0.5, 0.6) is 0 Å². The van der Waals surface area contributed by atoms with E-state index in [1.807, 2.05) is 29.6 Å². The number of benzene rings is 2. The number of nitrogens with zero attached hydrogens (tertiary/aromatic N) is 3. The molecule has 4 aromatic rings. The summed E-state index contributed by atoms with van der Waals surface area (Å²) in [5.41, 5.74) is 2.01. The summed E-state index contributed by atoms with van der Waals surface area (Å²) in [7, 11) is 1.59. The van der Waals surface area contributed by atoms with E-state index in [1.54, 1.807) is 42.0 Å². The highest BCUT2D eigenvalue weighted by molar-refractivity contribution is 7.98. The van der Waals surface area contributed by atoms with E-state index in [1.165, 1.54) is 29.2 Å². The zero-order valence-corrected chi connectivity index (χ0v) is 19.0. The second kappa shape index (κ2) is 10.5. The third kappa shape index (κ3) is 5.07. The average Bonchev–Trinajstić information content (AvgIpc) is 3.48. The van der Waals surface area contributed by atoms with Crippen LogP contribution in [0.1, 0.15) is 15.9 Å². The Bertz CT molecular complexity index is 1180. The molecule has 2 aromatic carbocycles. The molecule has 0 unspecified atom stereocenters. The molecule has 0 spiro atoms. The first-order chi connectivity index (χ1) is 15.7. The van der Waals surface area contributed by atoms with E-state index >= 15 is 0 Å². The Hall–Kier alpha value is -3.01. The Morgan fingerprint density at radius 2 is 1.94 bits per heavy atom. The van der Waals surface area contributed by atoms with Gasteiger partial charge in [-0.1, -0.05) is 42.1 Å². The van der Waals surface area contributed by atoms with Crippen molar-refractivity contribution in [3.63, 3.8) is 0 Å². The van der Waals surface area contributed by atoms with Gasteiger partial charge in [0.25, 0.3) is 5.91 Å². The van der Waals surface area contributed by atoms with Gasteiger partial charge in [-0.3, -0.25) is 9.36 Å². The van der Waals surface area contributed by atoms with Gasteiger partial charge >= 0.3 is 0 Å². The maximum absolute atomic E-state index is 14.6. The molecule has 0 atom stereocenters. The largest absolute Gasteiger partial charge is 0.383 e. The Morgan fingerprint density at radius 1 is 1.12 bits per heavy atom. The van der Waals surface area contributed by atoms with Crippen molar-refractivity contribution in [2.45, 2.75) is 10.9 Å². The Morgan fingerprint density at radius 3 is 2.66 bits per heavy atom. The first kappa shape index (κ1) is 22.2. The van der Waals surface area contributed by atoms with Crippen LogP contribution in [0.4, 0.5) is 4.39 Å². The Kier molecular flexibility index (Phi) is 7.31. The van der Waals surface area contributed by atoms with Gasteiger partial charge in [0.2, 0.25) is 0 Å². The molecule has 0 saturated carbocycles. The highest BCUT2D eigenvalue weighted by Gasteiger charge is 2.19. The lowest BCUT2D eigenvalue weighted by molar-refractivity contribution is 0.0937. The lowest BCUT2D eigenvalue weighted by Gasteiger charge is -2.10. The van der Waals surface area contributed by atoms with Gasteiger partial charge in [-0.2, -0.15) is 0 Å². The number of carbonyl (C=O) groups excluding carboxylic acids is 1.